The maximum atomic E-state index is 12.3. The fourth-order valence-electron chi connectivity index (χ4n) is 2.10. The van der Waals surface area contributed by atoms with Gasteiger partial charge in [-0.2, -0.15) is 5.26 Å². The lowest BCUT2D eigenvalue weighted by molar-refractivity contribution is -0.114. The molecule has 0 heterocycles. The minimum absolute atomic E-state index is 0.211. The first-order valence-corrected chi connectivity index (χ1v) is 7.14. The molecule has 2 aromatic rings. The van der Waals surface area contributed by atoms with Crippen molar-refractivity contribution >= 4 is 17.5 Å². The zero-order valence-electron chi connectivity index (χ0n) is 13.0. The van der Waals surface area contributed by atoms with Crippen molar-refractivity contribution in [3.63, 3.8) is 0 Å². The maximum absolute atomic E-state index is 12.3. The summed E-state index contributed by atoms with van der Waals surface area (Å²) < 4.78 is 0. The van der Waals surface area contributed by atoms with E-state index >= 15 is 0 Å². The average molecular weight is 307 g/mol. The SMILES string of the molecule is CC(=O)Nc1cccc(C(=O)NC(C#N)c2ccc(C)cc2)c1. The lowest BCUT2D eigenvalue weighted by Crippen LogP contribution is -2.27. The Labute approximate surface area is 134 Å². The van der Waals surface area contributed by atoms with E-state index in [0.717, 1.165) is 11.1 Å². The smallest absolute Gasteiger partial charge is 0.252 e. The fraction of sp³-hybridized carbons (Fsp3) is 0.167. The highest BCUT2D eigenvalue weighted by atomic mass is 16.2. The molecule has 2 amide bonds. The highest BCUT2D eigenvalue weighted by Gasteiger charge is 2.15. The largest absolute Gasteiger partial charge is 0.332 e. The molecule has 1 atom stereocenters. The van der Waals surface area contributed by atoms with Crippen molar-refractivity contribution in [1.82, 2.24) is 5.32 Å². The Morgan fingerprint density at radius 1 is 1.13 bits per heavy atom. The van der Waals surface area contributed by atoms with Crippen molar-refractivity contribution in [3.05, 3.63) is 65.2 Å². The molecule has 5 nitrogen and oxygen atoms in total. The van der Waals surface area contributed by atoms with Crippen LogP contribution in [0.25, 0.3) is 0 Å². The van der Waals surface area contributed by atoms with Crippen LogP contribution >= 0.6 is 0 Å². The van der Waals surface area contributed by atoms with E-state index < -0.39 is 6.04 Å². The zero-order valence-corrected chi connectivity index (χ0v) is 13.0. The molecule has 1 unspecified atom stereocenters. The van der Waals surface area contributed by atoms with Gasteiger partial charge < -0.3 is 10.6 Å². The summed E-state index contributed by atoms with van der Waals surface area (Å²) in [6, 6.07) is 15.3. The number of anilines is 1. The Morgan fingerprint density at radius 2 is 1.83 bits per heavy atom. The van der Waals surface area contributed by atoms with Crippen molar-refractivity contribution in [2.24, 2.45) is 0 Å². The Balaban J connectivity index is 2.15. The first-order valence-electron chi connectivity index (χ1n) is 7.14. The quantitative estimate of drug-likeness (QED) is 0.911. The topological polar surface area (TPSA) is 82.0 Å². The number of carbonyl (C=O) groups excluding carboxylic acids is 2. The summed E-state index contributed by atoms with van der Waals surface area (Å²) in [6.07, 6.45) is 0. The van der Waals surface area contributed by atoms with E-state index in [2.05, 4.69) is 16.7 Å². The molecule has 0 bridgehead atoms. The molecular weight excluding hydrogens is 290 g/mol. The Kier molecular flexibility index (Phi) is 5.11. The van der Waals surface area contributed by atoms with Gasteiger partial charge in [-0.3, -0.25) is 9.59 Å². The van der Waals surface area contributed by atoms with E-state index in [1.165, 1.54) is 6.92 Å². The van der Waals surface area contributed by atoms with Crippen LogP contribution in [-0.2, 0) is 4.79 Å². The zero-order chi connectivity index (χ0) is 16.8. The highest BCUT2D eigenvalue weighted by molar-refractivity contribution is 5.97. The number of carbonyl (C=O) groups is 2. The molecule has 23 heavy (non-hydrogen) atoms. The fourth-order valence-corrected chi connectivity index (χ4v) is 2.10. The summed E-state index contributed by atoms with van der Waals surface area (Å²) >= 11 is 0. The predicted molar refractivity (Wildman–Crippen MR) is 87.7 cm³/mol. The van der Waals surface area contributed by atoms with Crippen LogP contribution in [0.3, 0.4) is 0 Å². The second-order valence-electron chi connectivity index (χ2n) is 5.21. The number of nitriles is 1. The number of hydrogen-bond acceptors (Lipinski definition) is 3. The molecule has 0 saturated carbocycles. The molecule has 116 valence electrons. The minimum atomic E-state index is -0.729. The molecule has 0 saturated heterocycles. The molecule has 0 radical (unpaired) electrons. The Morgan fingerprint density at radius 3 is 2.43 bits per heavy atom. The van der Waals surface area contributed by atoms with Crippen molar-refractivity contribution in [2.45, 2.75) is 19.9 Å². The summed E-state index contributed by atoms with van der Waals surface area (Å²) in [5.41, 5.74) is 2.72. The first-order chi connectivity index (χ1) is 11.0. The van der Waals surface area contributed by atoms with Gasteiger partial charge in [0.1, 0.15) is 6.04 Å². The van der Waals surface area contributed by atoms with Gasteiger partial charge in [-0.1, -0.05) is 35.9 Å². The number of nitrogens with zero attached hydrogens (tertiary/aromatic N) is 1. The summed E-state index contributed by atoms with van der Waals surface area (Å²) in [7, 11) is 0. The summed E-state index contributed by atoms with van der Waals surface area (Å²) in [6.45, 7) is 3.35. The summed E-state index contributed by atoms with van der Waals surface area (Å²) in [5.74, 6) is -0.582. The standard InChI is InChI=1S/C18H17N3O2/c1-12-6-8-14(9-7-12)17(11-19)21-18(23)15-4-3-5-16(10-15)20-13(2)22/h3-10,17H,1-2H3,(H,20,22)(H,21,23). The molecule has 0 aliphatic carbocycles. The van der Waals surface area contributed by atoms with Gasteiger partial charge in [-0.25, -0.2) is 0 Å². The lowest BCUT2D eigenvalue weighted by atomic mass is 10.1. The molecule has 0 aliphatic heterocycles. The first kappa shape index (κ1) is 16.2. The van der Waals surface area contributed by atoms with Crippen LogP contribution in [-0.4, -0.2) is 11.8 Å². The van der Waals surface area contributed by atoms with Gasteiger partial charge in [0.2, 0.25) is 5.91 Å². The number of rotatable bonds is 4. The van der Waals surface area contributed by atoms with Gasteiger partial charge in [-0.15, -0.1) is 0 Å². The van der Waals surface area contributed by atoms with Crippen molar-refractivity contribution in [3.8, 4) is 6.07 Å². The van der Waals surface area contributed by atoms with Gasteiger partial charge in [0.15, 0.2) is 0 Å². The third-order valence-electron chi connectivity index (χ3n) is 3.26. The molecular formula is C18H17N3O2. The van der Waals surface area contributed by atoms with Crippen LogP contribution in [0.5, 0.6) is 0 Å². The van der Waals surface area contributed by atoms with E-state index in [-0.39, 0.29) is 11.8 Å². The van der Waals surface area contributed by atoms with Crippen LogP contribution in [0, 0.1) is 18.3 Å². The second-order valence-corrected chi connectivity index (χ2v) is 5.21. The molecule has 2 N–H and O–H groups in total. The number of benzene rings is 2. The van der Waals surface area contributed by atoms with Crippen molar-refractivity contribution in [1.29, 1.82) is 5.26 Å². The van der Waals surface area contributed by atoms with E-state index in [1.807, 2.05) is 31.2 Å². The number of amides is 2. The maximum Gasteiger partial charge on any atom is 0.252 e. The summed E-state index contributed by atoms with van der Waals surface area (Å²) in [4.78, 5) is 23.4. The Hall–Kier alpha value is -3.13. The van der Waals surface area contributed by atoms with Crippen LogP contribution in [0.15, 0.2) is 48.5 Å². The van der Waals surface area contributed by atoms with Crippen molar-refractivity contribution in [2.75, 3.05) is 5.32 Å². The van der Waals surface area contributed by atoms with E-state index in [9.17, 15) is 14.9 Å². The van der Waals surface area contributed by atoms with Crippen molar-refractivity contribution < 1.29 is 9.59 Å². The molecule has 0 fully saturated rings. The predicted octanol–water partition coefficient (Wildman–Crippen LogP) is 2.95. The van der Waals surface area contributed by atoms with E-state index in [1.54, 1.807) is 24.3 Å². The van der Waals surface area contributed by atoms with E-state index in [0.29, 0.717) is 11.3 Å². The molecule has 0 aromatic heterocycles. The highest BCUT2D eigenvalue weighted by Crippen LogP contribution is 2.15. The summed E-state index contributed by atoms with van der Waals surface area (Å²) in [5, 5.41) is 14.6. The average Bonchev–Trinajstić information content (AvgIpc) is 2.53. The van der Waals surface area contributed by atoms with E-state index in [4.69, 9.17) is 0 Å². The normalized spacial score (nSPS) is 11.2. The van der Waals surface area contributed by atoms with Gasteiger partial charge in [0.05, 0.1) is 6.07 Å². The number of aryl methyl sites for hydroxylation is 1. The van der Waals surface area contributed by atoms with Gasteiger partial charge in [0.25, 0.3) is 5.91 Å². The van der Waals surface area contributed by atoms with Gasteiger partial charge in [-0.05, 0) is 30.7 Å². The van der Waals surface area contributed by atoms with Crippen LogP contribution in [0.1, 0.15) is 34.5 Å². The molecule has 5 heteroatoms. The van der Waals surface area contributed by atoms with Gasteiger partial charge >= 0.3 is 0 Å². The third kappa shape index (κ3) is 4.42. The minimum Gasteiger partial charge on any atom is -0.332 e. The monoisotopic (exact) mass is 307 g/mol. The number of hydrogen-bond donors (Lipinski definition) is 2. The molecule has 2 aromatic carbocycles. The molecule has 0 spiro atoms. The van der Waals surface area contributed by atoms with Crippen LogP contribution in [0.4, 0.5) is 5.69 Å². The van der Waals surface area contributed by atoms with Crippen LogP contribution in [0.2, 0.25) is 0 Å². The molecule has 2 rings (SSSR count). The molecule has 0 aliphatic rings. The Bertz CT molecular complexity index is 761. The lowest BCUT2D eigenvalue weighted by Gasteiger charge is -2.13. The van der Waals surface area contributed by atoms with Gasteiger partial charge in [0, 0.05) is 18.2 Å². The second kappa shape index (κ2) is 7.23. The number of nitrogens with one attached hydrogen (secondary N) is 2. The third-order valence-corrected chi connectivity index (χ3v) is 3.26. The van der Waals surface area contributed by atoms with Crippen LogP contribution < -0.4 is 10.6 Å².